The van der Waals surface area contributed by atoms with Crippen LogP contribution in [0.15, 0.2) is 31.0 Å². The summed E-state index contributed by atoms with van der Waals surface area (Å²) in [6, 6.07) is 3.26. The molecule has 25 heavy (non-hydrogen) atoms. The molecule has 4 heterocycles. The molecule has 8 nitrogen and oxygen atoms in total. The summed E-state index contributed by atoms with van der Waals surface area (Å²) in [6.07, 6.45) is 6.93. The molecule has 128 valence electrons. The van der Waals surface area contributed by atoms with E-state index in [1.54, 1.807) is 18.6 Å². The molecular weight excluding hydrogens is 323 g/mol. The second-order valence-corrected chi connectivity index (χ2v) is 6.30. The highest BCUT2D eigenvalue weighted by molar-refractivity contribution is 5.89. The number of aromatic nitrogens is 5. The van der Waals surface area contributed by atoms with E-state index in [4.69, 9.17) is 11.1 Å². The lowest BCUT2D eigenvalue weighted by Crippen LogP contribution is -2.40. The molecule has 1 fully saturated rings. The van der Waals surface area contributed by atoms with Crippen LogP contribution in [0.1, 0.15) is 18.9 Å². The van der Waals surface area contributed by atoms with Crippen molar-refractivity contribution in [2.75, 3.05) is 13.1 Å². The normalized spacial score (nSPS) is 22.3. The van der Waals surface area contributed by atoms with Gasteiger partial charge in [0.1, 0.15) is 23.7 Å². The predicted octanol–water partition coefficient (Wildman–Crippen LogP) is 1.56. The van der Waals surface area contributed by atoms with Gasteiger partial charge in [0.25, 0.3) is 0 Å². The second-order valence-electron chi connectivity index (χ2n) is 6.30. The minimum absolute atomic E-state index is 0.0226. The number of nitrogens with two attached hydrogens (primary N) is 1. The van der Waals surface area contributed by atoms with Crippen molar-refractivity contribution >= 4 is 11.0 Å². The molecule has 1 aliphatic rings. The number of nitriles is 1. The standard InChI is InChI=1S/C16H17FN8/c17-16(3-6-24(19)9-16)13(1-4-18)25-8-11(7-23-25)14-12-2-5-20-15(12)22-10-21-14/h2,5,7-8,10,13H,1,3,6,9,19H2,(H,20,21,22). The highest BCUT2D eigenvalue weighted by Gasteiger charge is 2.45. The SMILES string of the molecule is N#CCC(n1cc(-c2ncnc3[nH]ccc23)cn1)C1(F)CCN(N)C1. The fourth-order valence-corrected chi connectivity index (χ4v) is 3.43. The molecule has 2 atom stereocenters. The summed E-state index contributed by atoms with van der Waals surface area (Å²) in [4.78, 5) is 11.5. The van der Waals surface area contributed by atoms with Crippen LogP contribution in [-0.4, -0.2) is 48.5 Å². The number of hydrogen-bond donors (Lipinski definition) is 2. The number of halogens is 1. The van der Waals surface area contributed by atoms with E-state index < -0.39 is 11.7 Å². The van der Waals surface area contributed by atoms with Gasteiger partial charge in [0.15, 0.2) is 0 Å². The number of hydrazine groups is 1. The number of alkyl halides is 1. The van der Waals surface area contributed by atoms with Crippen LogP contribution in [0, 0.1) is 11.3 Å². The van der Waals surface area contributed by atoms with Crippen LogP contribution >= 0.6 is 0 Å². The van der Waals surface area contributed by atoms with Gasteiger partial charge in [0.2, 0.25) is 0 Å². The van der Waals surface area contributed by atoms with E-state index in [2.05, 4.69) is 26.1 Å². The van der Waals surface area contributed by atoms with Crippen molar-refractivity contribution in [2.45, 2.75) is 24.6 Å². The molecular formula is C16H17FN8. The molecule has 1 saturated heterocycles. The van der Waals surface area contributed by atoms with Crippen LogP contribution in [0.2, 0.25) is 0 Å². The average Bonchev–Trinajstić information content (AvgIpc) is 3.32. The first kappa shape index (κ1) is 15.7. The largest absolute Gasteiger partial charge is 0.346 e. The Bertz CT molecular complexity index is 941. The van der Waals surface area contributed by atoms with Crippen molar-refractivity contribution < 1.29 is 4.39 Å². The number of nitrogens with one attached hydrogen (secondary N) is 1. The van der Waals surface area contributed by atoms with Crippen molar-refractivity contribution in [3.05, 3.63) is 31.0 Å². The van der Waals surface area contributed by atoms with Gasteiger partial charge in [-0.1, -0.05) is 0 Å². The first-order chi connectivity index (χ1) is 12.1. The van der Waals surface area contributed by atoms with E-state index in [9.17, 15) is 0 Å². The zero-order valence-corrected chi connectivity index (χ0v) is 13.4. The average molecular weight is 340 g/mol. The molecule has 0 bridgehead atoms. The van der Waals surface area contributed by atoms with Crippen LogP contribution in [-0.2, 0) is 0 Å². The van der Waals surface area contributed by atoms with Gasteiger partial charge < -0.3 is 4.98 Å². The Balaban J connectivity index is 1.72. The number of fused-ring (bicyclic) bond motifs is 1. The maximum Gasteiger partial charge on any atom is 0.149 e. The molecule has 4 rings (SSSR count). The maximum absolute atomic E-state index is 15.4. The topological polar surface area (TPSA) is 112 Å². The van der Waals surface area contributed by atoms with Crippen molar-refractivity contribution in [2.24, 2.45) is 5.84 Å². The molecule has 0 radical (unpaired) electrons. The zero-order chi connectivity index (χ0) is 17.4. The van der Waals surface area contributed by atoms with E-state index in [0.29, 0.717) is 12.2 Å². The monoisotopic (exact) mass is 340 g/mol. The minimum atomic E-state index is -1.58. The van der Waals surface area contributed by atoms with Gasteiger partial charge in [-0.15, -0.1) is 0 Å². The highest BCUT2D eigenvalue weighted by Crippen LogP contribution is 2.37. The molecule has 9 heteroatoms. The Hall–Kier alpha value is -2.83. The number of nitrogens with zero attached hydrogens (tertiary/aromatic N) is 6. The van der Waals surface area contributed by atoms with Gasteiger partial charge in [-0.3, -0.25) is 10.5 Å². The highest BCUT2D eigenvalue weighted by atomic mass is 19.1. The van der Waals surface area contributed by atoms with E-state index in [1.807, 2.05) is 6.07 Å². The molecule has 0 spiro atoms. The van der Waals surface area contributed by atoms with E-state index in [1.165, 1.54) is 16.0 Å². The molecule has 0 aromatic carbocycles. The van der Waals surface area contributed by atoms with Gasteiger partial charge in [-0.05, 0) is 12.5 Å². The summed E-state index contributed by atoms with van der Waals surface area (Å²) in [5, 5.41) is 15.8. The first-order valence-electron chi connectivity index (χ1n) is 7.99. The lowest BCUT2D eigenvalue weighted by Gasteiger charge is -2.28. The fourth-order valence-electron chi connectivity index (χ4n) is 3.43. The van der Waals surface area contributed by atoms with E-state index >= 15 is 4.39 Å². The zero-order valence-electron chi connectivity index (χ0n) is 13.4. The van der Waals surface area contributed by atoms with Crippen molar-refractivity contribution in [3.8, 4) is 17.3 Å². The van der Waals surface area contributed by atoms with Crippen LogP contribution in [0.5, 0.6) is 0 Å². The van der Waals surface area contributed by atoms with E-state index in [-0.39, 0.29) is 19.4 Å². The van der Waals surface area contributed by atoms with Crippen LogP contribution in [0.4, 0.5) is 4.39 Å². The Morgan fingerprint density at radius 1 is 1.48 bits per heavy atom. The fraction of sp³-hybridized carbons (Fsp3) is 0.375. The third-order valence-corrected chi connectivity index (χ3v) is 4.71. The molecule has 3 N–H and O–H groups in total. The van der Waals surface area contributed by atoms with Crippen molar-refractivity contribution in [1.29, 1.82) is 5.26 Å². The molecule has 0 amide bonds. The van der Waals surface area contributed by atoms with Crippen LogP contribution < -0.4 is 5.84 Å². The summed E-state index contributed by atoms with van der Waals surface area (Å²) in [7, 11) is 0. The van der Waals surface area contributed by atoms with Crippen LogP contribution in [0.25, 0.3) is 22.3 Å². The number of rotatable bonds is 4. The van der Waals surface area contributed by atoms with Gasteiger partial charge >= 0.3 is 0 Å². The van der Waals surface area contributed by atoms with Gasteiger partial charge in [0, 0.05) is 36.4 Å². The second kappa shape index (κ2) is 5.91. The van der Waals surface area contributed by atoms with E-state index in [0.717, 1.165) is 16.6 Å². The smallest absolute Gasteiger partial charge is 0.149 e. The Kier molecular flexibility index (Phi) is 3.71. The first-order valence-corrected chi connectivity index (χ1v) is 7.99. The number of aromatic amines is 1. The minimum Gasteiger partial charge on any atom is -0.346 e. The van der Waals surface area contributed by atoms with Crippen molar-refractivity contribution in [1.82, 2.24) is 29.7 Å². The summed E-state index contributed by atoms with van der Waals surface area (Å²) >= 11 is 0. The Morgan fingerprint density at radius 3 is 3.12 bits per heavy atom. The van der Waals surface area contributed by atoms with Gasteiger partial charge in [-0.2, -0.15) is 10.4 Å². The lowest BCUT2D eigenvalue weighted by molar-refractivity contribution is 0.0884. The number of H-pyrrole nitrogens is 1. The van der Waals surface area contributed by atoms with Crippen LogP contribution in [0.3, 0.4) is 0 Å². The Morgan fingerprint density at radius 2 is 2.36 bits per heavy atom. The lowest BCUT2D eigenvalue weighted by atomic mass is 9.93. The Labute approximate surface area is 143 Å². The summed E-state index contributed by atoms with van der Waals surface area (Å²) in [6.45, 7) is 0.548. The molecule has 0 aliphatic carbocycles. The maximum atomic E-state index is 15.4. The molecule has 3 aromatic heterocycles. The predicted molar refractivity (Wildman–Crippen MR) is 88.6 cm³/mol. The van der Waals surface area contributed by atoms with Gasteiger partial charge in [0.05, 0.1) is 24.4 Å². The summed E-state index contributed by atoms with van der Waals surface area (Å²) in [5.74, 6) is 5.73. The summed E-state index contributed by atoms with van der Waals surface area (Å²) in [5.41, 5.74) is 0.611. The summed E-state index contributed by atoms with van der Waals surface area (Å²) < 4.78 is 16.9. The van der Waals surface area contributed by atoms with Crippen molar-refractivity contribution in [3.63, 3.8) is 0 Å². The molecule has 3 aromatic rings. The molecule has 0 saturated carbocycles. The molecule has 1 aliphatic heterocycles. The number of hydrogen-bond acceptors (Lipinski definition) is 6. The van der Waals surface area contributed by atoms with Gasteiger partial charge in [-0.25, -0.2) is 19.4 Å². The quantitative estimate of drug-likeness (QED) is 0.697. The third kappa shape index (κ3) is 2.65. The molecule has 2 unspecified atom stereocenters. The third-order valence-electron chi connectivity index (χ3n) is 4.71.